The first-order valence-electron chi connectivity index (χ1n) is 5.86. The first-order chi connectivity index (χ1) is 8.51. The predicted octanol–water partition coefficient (Wildman–Crippen LogP) is 4.52. The number of carbonyl (C=O) groups is 1. The van der Waals surface area contributed by atoms with Crippen molar-refractivity contribution in [2.45, 2.75) is 44.2 Å². The van der Waals surface area contributed by atoms with Crippen LogP contribution in [0.15, 0.2) is 23.1 Å². The number of hydrogen-bond acceptors (Lipinski definition) is 2. The number of carbonyl (C=O) groups excluding carboxylic acids is 1. The average Bonchev–Trinajstić information content (AvgIpc) is 2.24. The third-order valence-electron chi connectivity index (χ3n) is 2.72. The molecule has 0 N–H and O–H groups in total. The van der Waals surface area contributed by atoms with Crippen LogP contribution in [0, 0.1) is 6.92 Å². The Bertz CT molecular complexity index is 473. The van der Waals surface area contributed by atoms with Gasteiger partial charge in [-0.2, -0.15) is 13.2 Å². The van der Waals surface area contributed by atoms with Crippen LogP contribution in [0.2, 0.25) is 0 Å². The van der Waals surface area contributed by atoms with Crippen molar-refractivity contribution in [1.82, 2.24) is 0 Å². The largest absolute Gasteiger partial charge is 0.450 e. The highest BCUT2D eigenvalue weighted by Crippen LogP contribution is 2.30. The Morgan fingerprint density at radius 2 is 1.79 bits per heavy atom. The molecular formula is C14H17F3OS. The Labute approximate surface area is 115 Å². The van der Waals surface area contributed by atoms with Crippen molar-refractivity contribution >= 4 is 17.5 Å². The maximum Gasteiger partial charge on any atom is 0.450 e. The van der Waals surface area contributed by atoms with E-state index in [4.69, 9.17) is 0 Å². The van der Waals surface area contributed by atoms with Crippen LogP contribution in [-0.4, -0.2) is 17.7 Å². The molecule has 1 nitrogen and oxygen atoms in total. The Balaban J connectivity index is 2.79. The Morgan fingerprint density at radius 1 is 1.21 bits per heavy atom. The van der Waals surface area contributed by atoms with Crippen molar-refractivity contribution < 1.29 is 18.0 Å². The lowest BCUT2D eigenvalue weighted by molar-refractivity contribution is -0.167. The van der Waals surface area contributed by atoms with E-state index in [2.05, 4.69) is 20.8 Å². The monoisotopic (exact) mass is 290 g/mol. The van der Waals surface area contributed by atoms with E-state index in [0.29, 0.717) is 4.90 Å². The normalized spacial score (nSPS) is 12.6. The van der Waals surface area contributed by atoms with Crippen LogP contribution in [0.25, 0.3) is 0 Å². The number of halogens is 3. The van der Waals surface area contributed by atoms with Crippen LogP contribution in [0.5, 0.6) is 0 Å². The van der Waals surface area contributed by atoms with Crippen molar-refractivity contribution in [1.29, 1.82) is 0 Å². The van der Waals surface area contributed by atoms with Gasteiger partial charge in [-0.15, -0.1) is 11.8 Å². The average molecular weight is 290 g/mol. The summed E-state index contributed by atoms with van der Waals surface area (Å²) in [6, 6.07) is 5.64. The van der Waals surface area contributed by atoms with E-state index in [1.807, 2.05) is 19.1 Å². The van der Waals surface area contributed by atoms with E-state index >= 15 is 0 Å². The molecule has 0 bridgehead atoms. The Hall–Kier alpha value is -0.970. The number of hydrogen-bond donors (Lipinski definition) is 0. The lowest BCUT2D eigenvalue weighted by Gasteiger charge is -2.20. The van der Waals surface area contributed by atoms with E-state index < -0.39 is 17.7 Å². The number of aryl methyl sites for hydroxylation is 1. The molecule has 1 aromatic carbocycles. The van der Waals surface area contributed by atoms with Gasteiger partial charge < -0.3 is 0 Å². The third kappa shape index (κ3) is 4.56. The lowest BCUT2D eigenvalue weighted by atomic mass is 9.86. The predicted molar refractivity (Wildman–Crippen MR) is 71.7 cm³/mol. The summed E-state index contributed by atoms with van der Waals surface area (Å²) in [5.41, 5.74) is 2.01. The van der Waals surface area contributed by atoms with E-state index in [-0.39, 0.29) is 5.41 Å². The molecule has 0 heterocycles. The smallest absolute Gasteiger partial charge is 0.289 e. The molecule has 5 heteroatoms. The molecule has 0 aliphatic heterocycles. The molecule has 0 aliphatic rings. The highest BCUT2D eigenvalue weighted by molar-refractivity contribution is 8.00. The molecule has 0 saturated carbocycles. The highest BCUT2D eigenvalue weighted by Gasteiger charge is 2.37. The molecule has 0 saturated heterocycles. The number of Topliss-reactive ketones (excluding diaryl/α,β-unsaturated/α-hetero) is 1. The van der Waals surface area contributed by atoms with E-state index in [9.17, 15) is 18.0 Å². The van der Waals surface area contributed by atoms with Crippen LogP contribution in [0.4, 0.5) is 13.2 Å². The minimum atomic E-state index is -4.74. The fraction of sp³-hybridized carbons (Fsp3) is 0.500. The van der Waals surface area contributed by atoms with Gasteiger partial charge in [-0.3, -0.25) is 4.79 Å². The van der Waals surface area contributed by atoms with Gasteiger partial charge in [0.2, 0.25) is 5.78 Å². The fourth-order valence-electron chi connectivity index (χ4n) is 1.50. The quantitative estimate of drug-likeness (QED) is 0.762. The zero-order valence-electron chi connectivity index (χ0n) is 11.4. The summed E-state index contributed by atoms with van der Waals surface area (Å²) >= 11 is 0.932. The molecule has 0 spiro atoms. The van der Waals surface area contributed by atoms with E-state index in [1.54, 1.807) is 6.07 Å². The Morgan fingerprint density at radius 3 is 2.21 bits per heavy atom. The van der Waals surface area contributed by atoms with Crippen molar-refractivity contribution in [2.24, 2.45) is 0 Å². The maximum absolute atomic E-state index is 12.1. The molecule has 19 heavy (non-hydrogen) atoms. The van der Waals surface area contributed by atoms with E-state index in [0.717, 1.165) is 22.9 Å². The van der Waals surface area contributed by atoms with Crippen LogP contribution in [0.1, 0.15) is 31.9 Å². The number of ketones is 1. The highest BCUT2D eigenvalue weighted by atomic mass is 32.2. The SMILES string of the molecule is Cc1cc(C(C)(C)C)ccc1SCC(=O)C(F)(F)F. The number of thioether (sulfide) groups is 1. The van der Waals surface area contributed by atoms with Gasteiger partial charge in [0.25, 0.3) is 0 Å². The molecule has 0 unspecified atom stereocenters. The molecule has 0 aliphatic carbocycles. The summed E-state index contributed by atoms with van der Waals surface area (Å²) in [5.74, 6) is -2.27. The first kappa shape index (κ1) is 16.1. The number of rotatable bonds is 3. The second-order valence-corrected chi connectivity index (χ2v) is 6.46. The van der Waals surface area contributed by atoms with Crippen molar-refractivity contribution in [3.05, 3.63) is 29.3 Å². The molecule has 1 rings (SSSR count). The summed E-state index contributed by atoms with van der Waals surface area (Å²) in [6.07, 6.45) is -4.74. The Kier molecular flexibility index (Phi) is 4.72. The molecular weight excluding hydrogens is 273 g/mol. The molecule has 0 fully saturated rings. The van der Waals surface area contributed by atoms with Gasteiger partial charge >= 0.3 is 6.18 Å². The zero-order valence-corrected chi connectivity index (χ0v) is 12.2. The maximum atomic E-state index is 12.1. The standard InChI is InChI=1S/C14H17F3OS/c1-9-7-10(13(2,3)4)5-6-11(9)19-8-12(18)14(15,16)17/h5-7H,8H2,1-4H3. The molecule has 0 atom stereocenters. The minimum Gasteiger partial charge on any atom is -0.289 e. The fourth-order valence-corrected chi connectivity index (χ4v) is 2.40. The number of alkyl halides is 3. The summed E-state index contributed by atoms with van der Waals surface area (Å²) < 4.78 is 36.3. The molecule has 106 valence electrons. The minimum absolute atomic E-state index is 0.00422. The van der Waals surface area contributed by atoms with Crippen molar-refractivity contribution in [3.8, 4) is 0 Å². The van der Waals surface area contributed by atoms with Gasteiger partial charge in [0.05, 0.1) is 5.75 Å². The molecule has 0 radical (unpaired) electrons. The second kappa shape index (κ2) is 5.57. The van der Waals surface area contributed by atoms with Gasteiger partial charge in [-0.25, -0.2) is 0 Å². The first-order valence-corrected chi connectivity index (χ1v) is 6.84. The van der Waals surface area contributed by atoms with Crippen LogP contribution >= 0.6 is 11.8 Å². The van der Waals surface area contributed by atoms with Crippen LogP contribution in [0.3, 0.4) is 0 Å². The van der Waals surface area contributed by atoms with Gasteiger partial charge in [-0.1, -0.05) is 32.9 Å². The molecule has 1 aromatic rings. The van der Waals surface area contributed by atoms with Gasteiger partial charge in [-0.05, 0) is 29.5 Å². The van der Waals surface area contributed by atoms with Crippen molar-refractivity contribution in [3.63, 3.8) is 0 Å². The van der Waals surface area contributed by atoms with Gasteiger partial charge in [0, 0.05) is 4.90 Å². The van der Waals surface area contributed by atoms with E-state index in [1.165, 1.54) is 0 Å². The van der Waals surface area contributed by atoms with Crippen LogP contribution in [-0.2, 0) is 10.2 Å². The summed E-state index contributed by atoms with van der Waals surface area (Å²) in [6.45, 7) is 8.06. The molecule has 0 amide bonds. The lowest BCUT2D eigenvalue weighted by Crippen LogP contribution is -2.24. The van der Waals surface area contributed by atoms with Gasteiger partial charge in [0.15, 0.2) is 0 Å². The zero-order chi connectivity index (χ0) is 14.8. The summed E-state index contributed by atoms with van der Waals surface area (Å²) in [7, 11) is 0. The molecule has 0 aromatic heterocycles. The summed E-state index contributed by atoms with van der Waals surface area (Å²) in [5, 5.41) is 0. The third-order valence-corrected chi connectivity index (χ3v) is 3.89. The second-order valence-electron chi connectivity index (χ2n) is 5.44. The van der Waals surface area contributed by atoms with Crippen molar-refractivity contribution in [2.75, 3.05) is 5.75 Å². The van der Waals surface area contributed by atoms with Crippen LogP contribution < -0.4 is 0 Å². The number of benzene rings is 1. The summed E-state index contributed by atoms with van der Waals surface area (Å²) in [4.78, 5) is 11.5. The topological polar surface area (TPSA) is 17.1 Å². The van der Waals surface area contributed by atoms with Gasteiger partial charge in [0.1, 0.15) is 0 Å².